The zero-order chi connectivity index (χ0) is 13.2. The Morgan fingerprint density at radius 2 is 2.05 bits per heavy atom. The molecule has 3 rings (SSSR count). The monoisotopic (exact) mass is 320 g/mol. The van der Waals surface area contributed by atoms with Crippen molar-refractivity contribution in [1.82, 2.24) is 10.3 Å². The summed E-state index contributed by atoms with van der Waals surface area (Å²) in [5.74, 6) is 0.0382. The average molecular weight is 321 g/mol. The summed E-state index contributed by atoms with van der Waals surface area (Å²) in [6.07, 6.45) is 7.77. The zero-order valence-corrected chi connectivity index (χ0v) is 12.3. The van der Waals surface area contributed by atoms with Crippen molar-refractivity contribution < 1.29 is 4.79 Å². The van der Waals surface area contributed by atoms with Crippen molar-refractivity contribution in [1.29, 1.82) is 0 Å². The number of fused-ring (bicyclic) bond motifs is 1. The van der Waals surface area contributed by atoms with Gasteiger partial charge >= 0.3 is 0 Å². The second kappa shape index (κ2) is 5.37. The maximum atomic E-state index is 12.4. The minimum absolute atomic E-state index is 0.0382. The first-order valence-electron chi connectivity index (χ1n) is 6.81. The second-order valence-electron chi connectivity index (χ2n) is 5.20. The van der Waals surface area contributed by atoms with Crippen molar-refractivity contribution in [3.05, 3.63) is 34.4 Å². The van der Waals surface area contributed by atoms with E-state index in [4.69, 9.17) is 0 Å². The molecular formula is C15H17BrN2O. The van der Waals surface area contributed by atoms with Crippen LogP contribution in [0, 0.1) is 0 Å². The number of nitrogens with one attached hydrogen (secondary N) is 2. The van der Waals surface area contributed by atoms with Crippen LogP contribution < -0.4 is 5.32 Å². The number of rotatable bonds is 2. The molecule has 2 aromatic rings. The highest BCUT2D eigenvalue weighted by molar-refractivity contribution is 9.10. The molecule has 1 aromatic carbocycles. The molecule has 0 aliphatic heterocycles. The van der Waals surface area contributed by atoms with E-state index in [0.29, 0.717) is 6.04 Å². The average Bonchev–Trinajstić information content (AvgIpc) is 2.82. The Hall–Kier alpha value is -1.29. The van der Waals surface area contributed by atoms with Crippen LogP contribution in [0.15, 0.2) is 28.9 Å². The quantitative estimate of drug-likeness (QED) is 0.863. The predicted molar refractivity (Wildman–Crippen MR) is 80.3 cm³/mol. The van der Waals surface area contributed by atoms with Gasteiger partial charge in [-0.25, -0.2) is 0 Å². The Kier molecular flexibility index (Phi) is 3.60. The molecule has 0 saturated heterocycles. The number of aromatic nitrogens is 1. The molecule has 4 heteroatoms. The Morgan fingerprint density at radius 3 is 2.84 bits per heavy atom. The fourth-order valence-corrected chi connectivity index (χ4v) is 3.15. The molecule has 0 spiro atoms. The fraction of sp³-hybridized carbons (Fsp3) is 0.400. The highest BCUT2D eigenvalue weighted by atomic mass is 79.9. The number of carbonyl (C=O) groups is 1. The van der Waals surface area contributed by atoms with Crippen molar-refractivity contribution in [3.8, 4) is 0 Å². The normalized spacial score (nSPS) is 16.7. The zero-order valence-electron chi connectivity index (χ0n) is 10.7. The smallest absolute Gasteiger partial charge is 0.253 e. The topological polar surface area (TPSA) is 44.9 Å². The van der Waals surface area contributed by atoms with Crippen LogP contribution in [0.2, 0.25) is 0 Å². The SMILES string of the molecule is O=C(NC1CCCCC1)c1c[nH]c2ccc(Br)cc12. The van der Waals surface area contributed by atoms with Gasteiger partial charge in [0.2, 0.25) is 0 Å². The minimum atomic E-state index is 0.0382. The minimum Gasteiger partial charge on any atom is -0.360 e. The van der Waals surface area contributed by atoms with Crippen LogP contribution in [0.1, 0.15) is 42.5 Å². The Labute approximate surface area is 120 Å². The van der Waals surface area contributed by atoms with E-state index in [0.717, 1.165) is 33.8 Å². The van der Waals surface area contributed by atoms with Gasteiger partial charge in [-0.05, 0) is 31.0 Å². The molecule has 1 heterocycles. The van der Waals surface area contributed by atoms with Crippen LogP contribution in [0.5, 0.6) is 0 Å². The summed E-state index contributed by atoms with van der Waals surface area (Å²) in [7, 11) is 0. The van der Waals surface area contributed by atoms with E-state index < -0.39 is 0 Å². The summed E-state index contributed by atoms with van der Waals surface area (Å²) >= 11 is 3.45. The molecular weight excluding hydrogens is 304 g/mol. The molecule has 0 unspecified atom stereocenters. The van der Waals surface area contributed by atoms with Gasteiger partial charge < -0.3 is 10.3 Å². The van der Waals surface area contributed by atoms with Crippen LogP contribution in [0.3, 0.4) is 0 Å². The maximum absolute atomic E-state index is 12.4. The van der Waals surface area contributed by atoms with E-state index in [1.165, 1.54) is 19.3 Å². The molecule has 0 radical (unpaired) electrons. The van der Waals surface area contributed by atoms with Gasteiger partial charge in [-0.15, -0.1) is 0 Å². The lowest BCUT2D eigenvalue weighted by atomic mass is 9.95. The van der Waals surface area contributed by atoms with Crippen molar-refractivity contribution in [2.24, 2.45) is 0 Å². The van der Waals surface area contributed by atoms with Gasteiger partial charge in [-0.1, -0.05) is 35.2 Å². The first-order valence-corrected chi connectivity index (χ1v) is 7.61. The number of hydrogen-bond acceptors (Lipinski definition) is 1. The lowest BCUT2D eigenvalue weighted by molar-refractivity contribution is 0.0929. The number of H-pyrrole nitrogens is 1. The number of hydrogen-bond donors (Lipinski definition) is 2. The number of halogens is 1. The summed E-state index contributed by atoms with van der Waals surface area (Å²) in [5.41, 5.74) is 1.74. The van der Waals surface area contributed by atoms with E-state index in [-0.39, 0.29) is 5.91 Å². The number of benzene rings is 1. The summed E-state index contributed by atoms with van der Waals surface area (Å²) in [5, 5.41) is 4.13. The van der Waals surface area contributed by atoms with Crippen LogP contribution in [0.25, 0.3) is 10.9 Å². The van der Waals surface area contributed by atoms with Crippen LogP contribution in [0.4, 0.5) is 0 Å². The number of carbonyl (C=O) groups excluding carboxylic acids is 1. The molecule has 3 nitrogen and oxygen atoms in total. The van der Waals surface area contributed by atoms with Crippen molar-refractivity contribution in [2.75, 3.05) is 0 Å². The van der Waals surface area contributed by atoms with Crippen LogP contribution >= 0.6 is 15.9 Å². The Bertz CT molecular complexity index is 599. The molecule has 1 aliphatic carbocycles. The van der Waals surface area contributed by atoms with E-state index in [1.54, 1.807) is 6.20 Å². The van der Waals surface area contributed by atoms with Gasteiger partial charge in [0.05, 0.1) is 5.56 Å². The standard InChI is InChI=1S/C15H17BrN2O/c16-10-6-7-14-12(8-10)13(9-17-14)15(19)18-11-4-2-1-3-5-11/h6-9,11,17H,1-5H2,(H,18,19). The molecule has 0 bridgehead atoms. The largest absolute Gasteiger partial charge is 0.360 e. The third kappa shape index (κ3) is 2.68. The molecule has 19 heavy (non-hydrogen) atoms. The molecule has 2 N–H and O–H groups in total. The van der Waals surface area contributed by atoms with Gasteiger partial charge in [0.25, 0.3) is 5.91 Å². The number of amides is 1. The Morgan fingerprint density at radius 1 is 1.26 bits per heavy atom. The van der Waals surface area contributed by atoms with Crippen molar-refractivity contribution >= 4 is 32.7 Å². The van der Waals surface area contributed by atoms with E-state index in [1.807, 2.05) is 18.2 Å². The molecule has 1 fully saturated rings. The van der Waals surface area contributed by atoms with Gasteiger partial charge in [-0.2, -0.15) is 0 Å². The maximum Gasteiger partial charge on any atom is 0.253 e. The van der Waals surface area contributed by atoms with Crippen molar-refractivity contribution in [3.63, 3.8) is 0 Å². The van der Waals surface area contributed by atoms with Crippen LogP contribution in [-0.2, 0) is 0 Å². The summed E-state index contributed by atoms with van der Waals surface area (Å²) in [4.78, 5) is 15.5. The van der Waals surface area contributed by atoms with Gasteiger partial charge in [0.1, 0.15) is 0 Å². The third-order valence-corrected chi connectivity index (χ3v) is 4.32. The van der Waals surface area contributed by atoms with Crippen LogP contribution in [-0.4, -0.2) is 16.9 Å². The second-order valence-corrected chi connectivity index (χ2v) is 6.12. The fourth-order valence-electron chi connectivity index (χ4n) is 2.79. The highest BCUT2D eigenvalue weighted by Crippen LogP contribution is 2.23. The lowest BCUT2D eigenvalue weighted by Gasteiger charge is -2.22. The lowest BCUT2D eigenvalue weighted by Crippen LogP contribution is -2.36. The first kappa shape index (κ1) is 12.7. The molecule has 1 amide bonds. The van der Waals surface area contributed by atoms with Gasteiger partial charge in [0.15, 0.2) is 0 Å². The highest BCUT2D eigenvalue weighted by Gasteiger charge is 2.18. The van der Waals surface area contributed by atoms with Crippen molar-refractivity contribution in [2.45, 2.75) is 38.1 Å². The first-order chi connectivity index (χ1) is 9.24. The summed E-state index contributed by atoms with van der Waals surface area (Å²) in [6, 6.07) is 6.29. The Balaban J connectivity index is 1.82. The van der Waals surface area contributed by atoms with Gasteiger partial charge in [0, 0.05) is 27.6 Å². The summed E-state index contributed by atoms with van der Waals surface area (Å²) < 4.78 is 0.992. The molecule has 1 aromatic heterocycles. The van der Waals surface area contributed by atoms with E-state index in [9.17, 15) is 4.79 Å². The third-order valence-electron chi connectivity index (χ3n) is 3.83. The molecule has 1 saturated carbocycles. The predicted octanol–water partition coefficient (Wildman–Crippen LogP) is 3.99. The van der Waals surface area contributed by atoms with Gasteiger partial charge in [-0.3, -0.25) is 4.79 Å². The number of aromatic amines is 1. The molecule has 100 valence electrons. The van der Waals surface area contributed by atoms with E-state index in [2.05, 4.69) is 26.2 Å². The summed E-state index contributed by atoms with van der Waals surface area (Å²) in [6.45, 7) is 0. The molecule has 0 atom stereocenters. The van der Waals surface area contributed by atoms with E-state index >= 15 is 0 Å². The molecule has 1 aliphatic rings.